The number of rotatable bonds is 10. The summed E-state index contributed by atoms with van der Waals surface area (Å²) in [5.74, 6) is 1.20. The fourth-order valence-electron chi connectivity index (χ4n) is 5.20. The van der Waals surface area contributed by atoms with Crippen LogP contribution in [0.1, 0.15) is 42.7 Å². The van der Waals surface area contributed by atoms with Gasteiger partial charge in [0.2, 0.25) is 0 Å². The molecule has 41 heavy (non-hydrogen) atoms. The molecular weight excluding hydrogens is 538 g/mol. The van der Waals surface area contributed by atoms with Gasteiger partial charge in [0.15, 0.2) is 0 Å². The van der Waals surface area contributed by atoms with Gasteiger partial charge >= 0.3 is 0 Å². The molecule has 1 atom stereocenters. The number of fused-ring (bicyclic) bond motifs is 2. The third kappa shape index (κ3) is 5.92. The Morgan fingerprint density at radius 2 is 2.07 bits per heavy atom. The number of nitrogen functional groups attached to an aromatic ring is 1. The maximum Gasteiger partial charge on any atom is 0.150 e. The summed E-state index contributed by atoms with van der Waals surface area (Å²) in [6.45, 7) is 4.56. The predicted octanol–water partition coefficient (Wildman–Crippen LogP) is 5.11. The van der Waals surface area contributed by atoms with Crippen molar-refractivity contribution in [2.45, 2.75) is 38.9 Å². The Balaban J connectivity index is 0.00000337. The Morgan fingerprint density at radius 3 is 2.88 bits per heavy atom. The van der Waals surface area contributed by atoms with Crippen LogP contribution in [0.15, 0.2) is 55.2 Å². The van der Waals surface area contributed by atoms with E-state index in [1.54, 1.807) is 7.11 Å². The van der Waals surface area contributed by atoms with E-state index in [-0.39, 0.29) is 19.6 Å². The Kier molecular flexibility index (Phi) is 8.87. The molecule has 0 unspecified atom stereocenters. The van der Waals surface area contributed by atoms with E-state index in [1.807, 2.05) is 41.4 Å². The zero-order chi connectivity index (χ0) is 27.5. The molecule has 1 aliphatic rings. The van der Waals surface area contributed by atoms with Crippen molar-refractivity contribution in [3.63, 3.8) is 0 Å². The highest BCUT2D eigenvalue weighted by Gasteiger charge is 2.25. The van der Waals surface area contributed by atoms with Crippen LogP contribution in [-0.2, 0) is 22.5 Å². The molecule has 5 aromatic rings. The zero-order valence-corrected chi connectivity index (χ0v) is 24.3. The first kappa shape index (κ1) is 28.6. The number of aryl methyl sites for hydroxylation is 1. The Labute approximate surface area is 245 Å². The molecule has 0 aliphatic carbocycles. The quantitative estimate of drug-likeness (QED) is 0.219. The molecule has 0 saturated carbocycles. The normalized spacial score (nSPS) is 14.8. The molecular formula is C30H35N7O3S. The second kappa shape index (κ2) is 12.7. The molecule has 214 valence electrons. The van der Waals surface area contributed by atoms with Crippen LogP contribution in [0.2, 0.25) is 0 Å². The molecule has 0 spiro atoms. The van der Waals surface area contributed by atoms with Crippen LogP contribution in [0, 0.1) is 0 Å². The number of nitrogens with zero attached hydrogens (tertiary/aromatic N) is 5. The second-order valence-corrected chi connectivity index (χ2v) is 9.87. The first-order valence-electron chi connectivity index (χ1n) is 13.6. The molecule has 5 heterocycles. The number of ether oxygens (including phenoxy) is 3. The Hall–Kier alpha value is -3.93. The van der Waals surface area contributed by atoms with Gasteiger partial charge in [-0.05, 0) is 43.5 Å². The SMILES string of the molecule is CCc1cc(NCCOC)c2ccc(OCc3cncc(-n4cc([C@@H]5CCCO5)c5c(N)ncnc54)c3)cc2n1.S. The van der Waals surface area contributed by atoms with E-state index < -0.39 is 0 Å². The summed E-state index contributed by atoms with van der Waals surface area (Å²) in [5, 5.41) is 5.34. The molecule has 0 amide bonds. The van der Waals surface area contributed by atoms with E-state index >= 15 is 0 Å². The van der Waals surface area contributed by atoms with Gasteiger partial charge in [0.25, 0.3) is 0 Å². The minimum absolute atomic E-state index is 0. The lowest BCUT2D eigenvalue weighted by atomic mass is 10.1. The Bertz CT molecular complexity index is 1650. The number of pyridine rings is 2. The van der Waals surface area contributed by atoms with Gasteiger partial charge in [0.1, 0.15) is 30.1 Å². The number of hydrogen-bond donors (Lipinski definition) is 2. The fourth-order valence-corrected chi connectivity index (χ4v) is 5.20. The van der Waals surface area contributed by atoms with Crippen molar-refractivity contribution in [2.75, 3.05) is 37.9 Å². The number of anilines is 2. The van der Waals surface area contributed by atoms with E-state index in [0.717, 1.165) is 88.3 Å². The summed E-state index contributed by atoms with van der Waals surface area (Å²) in [4.78, 5) is 18.1. The molecule has 0 radical (unpaired) electrons. The van der Waals surface area contributed by atoms with Crippen molar-refractivity contribution in [3.05, 3.63) is 72.1 Å². The molecule has 1 saturated heterocycles. The van der Waals surface area contributed by atoms with E-state index in [1.165, 1.54) is 6.33 Å². The highest BCUT2D eigenvalue weighted by atomic mass is 32.1. The highest BCUT2D eigenvalue weighted by molar-refractivity contribution is 7.59. The van der Waals surface area contributed by atoms with Gasteiger partial charge < -0.3 is 25.3 Å². The average Bonchev–Trinajstić information content (AvgIpc) is 3.65. The smallest absolute Gasteiger partial charge is 0.150 e. The van der Waals surface area contributed by atoms with Crippen LogP contribution < -0.4 is 15.8 Å². The van der Waals surface area contributed by atoms with E-state index in [0.29, 0.717) is 19.0 Å². The maximum atomic E-state index is 6.29. The van der Waals surface area contributed by atoms with Crippen LogP contribution in [-0.4, -0.2) is 51.4 Å². The number of nitrogens with two attached hydrogens (primary N) is 1. The molecule has 3 N–H and O–H groups in total. The van der Waals surface area contributed by atoms with Gasteiger partial charge in [-0.1, -0.05) is 6.92 Å². The van der Waals surface area contributed by atoms with Crippen molar-refractivity contribution in [1.82, 2.24) is 24.5 Å². The molecule has 10 nitrogen and oxygen atoms in total. The van der Waals surface area contributed by atoms with Gasteiger partial charge in [-0.3, -0.25) is 14.5 Å². The summed E-state index contributed by atoms with van der Waals surface area (Å²) in [6, 6.07) is 10.2. The highest BCUT2D eigenvalue weighted by Crippen LogP contribution is 2.37. The largest absolute Gasteiger partial charge is 0.489 e. The summed E-state index contributed by atoms with van der Waals surface area (Å²) in [5.41, 5.74) is 12.8. The lowest BCUT2D eigenvalue weighted by Crippen LogP contribution is -2.08. The molecule has 0 bridgehead atoms. The van der Waals surface area contributed by atoms with E-state index in [9.17, 15) is 0 Å². The summed E-state index contributed by atoms with van der Waals surface area (Å²) >= 11 is 0. The summed E-state index contributed by atoms with van der Waals surface area (Å²) in [7, 11) is 1.70. The average molecular weight is 574 g/mol. The van der Waals surface area contributed by atoms with Gasteiger partial charge in [-0.15, -0.1) is 0 Å². The fraction of sp³-hybridized carbons (Fsp3) is 0.333. The number of nitrogens with one attached hydrogen (secondary N) is 1. The maximum absolute atomic E-state index is 6.29. The van der Waals surface area contributed by atoms with Crippen LogP contribution in [0.25, 0.3) is 27.6 Å². The molecule has 1 aromatic carbocycles. The lowest BCUT2D eigenvalue weighted by Gasteiger charge is -2.13. The minimum Gasteiger partial charge on any atom is -0.489 e. The van der Waals surface area contributed by atoms with Gasteiger partial charge in [0, 0.05) is 66.6 Å². The Morgan fingerprint density at radius 1 is 1.17 bits per heavy atom. The number of aromatic nitrogens is 5. The summed E-state index contributed by atoms with van der Waals surface area (Å²) < 4.78 is 19.4. The predicted molar refractivity (Wildman–Crippen MR) is 165 cm³/mol. The third-order valence-corrected chi connectivity index (χ3v) is 7.20. The van der Waals surface area contributed by atoms with E-state index in [4.69, 9.17) is 24.9 Å². The van der Waals surface area contributed by atoms with Crippen molar-refractivity contribution < 1.29 is 14.2 Å². The second-order valence-electron chi connectivity index (χ2n) is 9.87. The van der Waals surface area contributed by atoms with Gasteiger partial charge in [0.05, 0.1) is 35.5 Å². The molecule has 6 rings (SSSR count). The first-order chi connectivity index (χ1) is 19.6. The zero-order valence-electron chi connectivity index (χ0n) is 23.3. The summed E-state index contributed by atoms with van der Waals surface area (Å²) in [6.07, 6.45) is 9.96. The van der Waals surface area contributed by atoms with Crippen molar-refractivity contribution >= 4 is 46.9 Å². The number of hydrogen-bond acceptors (Lipinski definition) is 9. The van der Waals surface area contributed by atoms with Crippen LogP contribution in [0.3, 0.4) is 0 Å². The third-order valence-electron chi connectivity index (χ3n) is 7.20. The van der Waals surface area contributed by atoms with Crippen molar-refractivity contribution in [2.24, 2.45) is 0 Å². The van der Waals surface area contributed by atoms with Crippen molar-refractivity contribution in [3.8, 4) is 11.4 Å². The lowest BCUT2D eigenvalue weighted by molar-refractivity contribution is 0.113. The van der Waals surface area contributed by atoms with Gasteiger partial charge in [-0.2, -0.15) is 13.5 Å². The molecule has 1 aliphatic heterocycles. The first-order valence-corrected chi connectivity index (χ1v) is 13.6. The van der Waals surface area contributed by atoms with E-state index in [2.05, 4.69) is 39.3 Å². The van der Waals surface area contributed by atoms with Crippen molar-refractivity contribution in [1.29, 1.82) is 0 Å². The number of methoxy groups -OCH3 is 1. The topological polar surface area (TPSA) is 122 Å². The van der Waals surface area contributed by atoms with Crippen LogP contribution in [0.4, 0.5) is 11.5 Å². The van der Waals surface area contributed by atoms with Crippen LogP contribution >= 0.6 is 13.5 Å². The monoisotopic (exact) mass is 573 g/mol. The van der Waals surface area contributed by atoms with Gasteiger partial charge in [-0.25, -0.2) is 9.97 Å². The number of benzene rings is 1. The minimum atomic E-state index is -0.0121. The van der Waals surface area contributed by atoms with Crippen LogP contribution in [0.5, 0.6) is 5.75 Å². The molecule has 1 fully saturated rings. The standard InChI is InChI=1S/C30H33N7O3.H2S/c1-3-20-12-25(33-8-10-38-2)23-7-6-22(13-26(23)36-20)40-17-19-11-21(15-32-14-19)37-16-24(27-5-4-9-39-27)28-29(31)34-18-35-30(28)37;/h6-7,11-16,18,27H,3-5,8-10,17H2,1-2H3,(H,33,36)(H2,31,34,35);1H2/t27-;/m0./s1. The molecule has 4 aromatic heterocycles. The molecule has 11 heteroatoms.